The largest absolute Gasteiger partial charge is 0.465 e. The van der Waals surface area contributed by atoms with Crippen LogP contribution >= 0.6 is 15.9 Å². The Morgan fingerprint density at radius 2 is 2.05 bits per heavy atom. The molecule has 1 aromatic rings. The normalized spacial score (nSPS) is 11.2. The molecule has 118 valence electrons. The van der Waals surface area contributed by atoms with Crippen LogP contribution in [0.5, 0.6) is 0 Å². The van der Waals surface area contributed by atoms with Gasteiger partial charge >= 0.3 is 5.97 Å². The molecular formula is C16H24BrNO3. The number of hydrogen-bond acceptors (Lipinski definition) is 4. The molecule has 0 aliphatic rings. The van der Waals surface area contributed by atoms with Crippen molar-refractivity contribution in [1.29, 1.82) is 0 Å². The molecule has 0 N–H and O–H groups in total. The molecule has 0 bridgehead atoms. The maximum Gasteiger partial charge on any atom is 0.337 e. The molecule has 21 heavy (non-hydrogen) atoms. The first-order chi connectivity index (χ1) is 9.97. The molecule has 0 atom stereocenters. The van der Waals surface area contributed by atoms with Crippen LogP contribution in [0, 0.1) is 5.92 Å². The second kappa shape index (κ2) is 9.18. The molecule has 0 fully saturated rings. The van der Waals surface area contributed by atoms with Gasteiger partial charge in [-0.15, -0.1) is 0 Å². The molecule has 0 spiro atoms. The van der Waals surface area contributed by atoms with Crippen LogP contribution in [-0.4, -0.2) is 44.8 Å². The van der Waals surface area contributed by atoms with Crippen LogP contribution in [0.1, 0.15) is 29.8 Å². The summed E-state index contributed by atoms with van der Waals surface area (Å²) in [5, 5.41) is 0. The number of carbonyl (C=O) groups excluding carboxylic acids is 1. The van der Waals surface area contributed by atoms with Crippen molar-refractivity contribution in [3.05, 3.63) is 33.8 Å². The van der Waals surface area contributed by atoms with Gasteiger partial charge in [0, 0.05) is 31.2 Å². The molecule has 1 rings (SSSR count). The van der Waals surface area contributed by atoms with Gasteiger partial charge in [-0.05, 0) is 23.6 Å². The van der Waals surface area contributed by atoms with E-state index in [4.69, 9.17) is 9.47 Å². The first kappa shape index (κ1) is 18.1. The van der Waals surface area contributed by atoms with Gasteiger partial charge in [0.15, 0.2) is 0 Å². The number of halogens is 1. The van der Waals surface area contributed by atoms with Gasteiger partial charge in [0.1, 0.15) is 0 Å². The minimum absolute atomic E-state index is 0.319. The lowest BCUT2D eigenvalue weighted by Crippen LogP contribution is -2.30. The number of nitrogens with zero attached hydrogens (tertiary/aromatic N) is 1. The predicted molar refractivity (Wildman–Crippen MR) is 87.5 cm³/mol. The molecule has 1 aromatic carbocycles. The van der Waals surface area contributed by atoms with E-state index in [0.717, 1.165) is 29.7 Å². The number of carbonyl (C=O) groups is 1. The van der Waals surface area contributed by atoms with Crippen LogP contribution in [0.3, 0.4) is 0 Å². The Morgan fingerprint density at radius 1 is 1.33 bits per heavy atom. The molecule has 0 heterocycles. The fourth-order valence-corrected chi connectivity index (χ4v) is 2.64. The molecule has 0 radical (unpaired) electrons. The van der Waals surface area contributed by atoms with E-state index in [1.165, 1.54) is 7.11 Å². The average molecular weight is 358 g/mol. The van der Waals surface area contributed by atoms with Gasteiger partial charge < -0.3 is 9.47 Å². The van der Waals surface area contributed by atoms with E-state index < -0.39 is 0 Å². The highest BCUT2D eigenvalue weighted by molar-refractivity contribution is 9.10. The summed E-state index contributed by atoms with van der Waals surface area (Å²) < 4.78 is 10.8. The van der Waals surface area contributed by atoms with E-state index in [9.17, 15) is 4.79 Å². The standard InChI is InChI=1S/C16H24BrNO3/c1-12(2)10-18(7-8-20-3)11-14-6-5-13(9-15(14)17)16(19)21-4/h5-6,9,12H,7-8,10-11H2,1-4H3. The maximum atomic E-state index is 11.5. The lowest BCUT2D eigenvalue weighted by Gasteiger charge is -2.24. The minimum Gasteiger partial charge on any atom is -0.465 e. The summed E-state index contributed by atoms with van der Waals surface area (Å²) in [6, 6.07) is 5.58. The number of benzene rings is 1. The average Bonchev–Trinajstić information content (AvgIpc) is 2.45. The van der Waals surface area contributed by atoms with E-state index in [1.807, 2.05) is 12.1 Å². The highest BCUT2D eigenvalue weighted by Gasteiger charge is 2.12. The zero-order valence-electron chi connectivity index (χ0n) is 13.2. The fourth-order valence-electron chi connectivity index (χ4n) is 2.13. The van der Waals surface area contributed by atoms with Gasteiger partial charge in [0.05, 0.1) is 19.3 Å². The Hall–Kier alpha value is -0.910. The number of ether oxygens (including phenoxy) is 2. The van der Waals surface area contributed by atoms with Crippen LogP contribution in [-0.2, 0) is 16.0 Å². The SMILES string of the molecule is COCCN(Cc1ccc(C(=O)OC)cc1Br)CC(C)C. The summed E-state index contributed by atoms with van der Waals surface area (Å²) in [6.07, 6.45) is 0. The molecule has 0 saturated carbocycles. The van der Waals surface area contributed by atoms with Crippen LogP contribution in [0.25, 0.3) is 0 Å². The van der Waals surface area contributed by atoms with Crippen LogP contribution in [0.4, 0.5) is 0 Å². The van der Waals surface area contributed by atoms with Gasteiger partial charge in [-0.3, -0.25) is 4.90 Å². The molecule has 0 unspecified atom stereocenters. The Bertz CT molecular complexity index is 463. The monoisotopic (exact) mass is 357 g/mol. The van der Waals surface area contributed by atoms with Gasteiger partial charge in [-0.1, -0.05) is 35.8 Å². The molecule has 0 aromatic heterocycles. The summed E-state index contributed by atoms with van der Waals surface area (Å²) in [5.74, 6) is 0.274. The Balaban J connectivity index is 2.80. The Labute approximate surface area is 135 Å². The van der Waals surface area contributed by atoms with Crippen molar-refractivity contribution in [2.24, 2.45) is 5.92 Å². The summed E-state index contributed by atoms with van der Waals surface area (Å²) in [6.45, 7) is 7.84. The Morgan fingerprint density at radius 3 is 2.57 bits per heavy atom. The number of methoxy groups -OCH3 is 2. The molecule has 5 heteroatoms. The minimum atomic E-state index is -0.319. The second-order valence-electron chi connectivity index (χ2n) is 5.42. The molecule has 4 nitrogen and oxygen atoms in total. The van der Waals surface area contributed by atoms with Crippen molar-refractivity contribution in [2.75, 3.05) is 33.9 Å². The van der Waals surface area contributed by atoms with Crippen molar-refractivity contribution >= 4 is 21.9 Å². The van der Waals surface area contributed by atoms with E-state index >= 15 is 0 Å². The van der Waals surface area contributed by atoms with Crippen molar-refractivity contribution in [2.45, 2.75) is 20.4 Å². The van der Waals surface area contributed by atoms with Crippen LogP contribution < -0.4 is 0 Å². The van der Waals surface area contributed by atoms with Crippen LogP contribution in [0.15, 0.2) is 22.7 Å². The lowest BCUT2D eigenvalue weighted by atomic mass is 10.1. The zero-order chi connectivity index (χ0) is 15.8. The van der Waals surface area contributed by atoms with Crippen LogP contribution in [0.2, 0.25) is 0 Å². The highest BCUT2D eigenvalue weighted by atomic mass is 79.9. The quantitative estimate of drug-likeness (QED) is 0.668. The molecule has 0 aliphatic heterocycles. The smallest absolute Gasteiger partial charge is 0.337 e. The molecule has 0 amide bonds. The summed E-state index contributed by atoms with van der Waals surface area (Å²) in [4.78, 5) is 13.9. The third-order valence-electron chi connectivity index (χ3n) is 3.10. The number of rotatable bonds is 8. The van der Waals surface area contributed by atoms with Crippen molar-refractivity contribution < 1.29 is 14.3 Å². The second-order valence-corrected chi connectivity index (χ2v) is 6.27. The molecule has 0 aliphatic carbocycles. The zero-order valence-corrected chi connectivity index (χ0v) is 14.8. The summed E-state index contributed by atoms with van der Waals surface area (Å²) >= 11 is 3.54. The summed E-state index contributed by atoms with van der Waals surface area (Å²) in [7, 11) is 3.11. The van der Waals surface area contributed by atoms with Crippen molar-refractivity contribution in [1.82, 2.24) is 4.90 Å². The van der Waals surface area contributed by atoms with E-state index in [2.05, 4.69) is 34.7 Å². The van der Waals surface area contributed by atoms with E-state index in [0.29, 0.717) is 18.1 Å². The Kier molecular flexibility index (Phi) is 7.93. The van der Waals surface area contributed by atoms with Gasteiger partial charge in [0.25, 0.3) is 0 Å². The maximum absolute atomic E-state index is 11.5. The molecule has 0 saturated heterocycles. The number of hydrogen-bond donors (Lipinski definition) is 0. The molecular weight excluding hydrogens is 334 g/mol. The third kappa shape index (κ3) is 6.16. The first-order valence-electron chi connectivity index (χ1n) is 7.06. The van der Waals surface area contributed by atoms with Crippen molar-refractivity contribution in [3.8, 4) is 0 Å². The van der Waals surface area contributed by atoms with Gasteiger partial charge in [-0.2, -0.15) is 0 Å². The number of esters is 1. The van der Waals surface area contributed by atoms with Gasteiger partial charge in [-0.25, -0.2) is 4.79 Å². The predicted octanol–water partition coefficient (Wildman–Crippen LogP) is 3.34. The lowest BCUT2D eigenvalue weighted by molar-refractivity contribution is 0.0600. The highest BCUT2D eigenvalue weighted by Crippen LogP contribution is 2.21. The first-order valence-corrected chi connectivity index (χ1v) is 7.85. The van der Waals surface area contributed by atoms with E-state index in [-0.39, 0.29) is 5.97 Å². The van der Waals surface area contributed by atoms with Crippen molar-refractivity contribution in [3.63, 3.8) is 0 Å². The third-order valence-corrected chi connectivity index (χ3v) is 3.84. The topological polar surface area (TPSA) is 38.8 Å². The fraction of sp³-hybridized carbons (Fsp3) is 0.562. The summed E-state index contributed by atoms with van der Waals surface area (Å²) in [5.41, 5.74) is 1.71. The van der Waals surface area contributed by atoms with Gasteiger partial charge in [0.2, 0.25) is 0 Å². The van der Waals surface area contributed by atoms with E-state index in [1.54, 1.807) is 13.2 Å².